The summed E-state index contributed by atoms with van der Waals surface area (Å²) in [6, 6.07) is 4.30. The maximum Gasteiger partial charge on any atom is 0.179 e. The van der Waals surface area contributed by atoms with E-state index in [4.69, 9.17) is 14.2 Å². The summed E-state index contributed by atoms with van der Waals surface area (Å²) in [6.45, 7) is 9.05. The van der Waals surface area contributed by atoms with Crippen LogP contribution < -0.4 is 9.47 Å². The molecule has 33 heavy (non-hydrogen) atoms. The van der Waals surface area contributed by atoms with Gasteiger partial charge < -0.3 is 24.2 Å². The Morgan fingerprint density at radius 3 is 2.58 bits per heavy atom. The maximum atomic E-state index is 12.1. The summed E-state index contributed by atoms with van der Waals surface area (Å²) < 4.78 is 19.3. The third-order valence-electron chi connectivity index (χ3n) is 10.9. The molecule has 0 radical (unpaired) electrons. The Labute approximate surface area is 196 Å². The molecule has 6 heteroatoms. The van der Waals surface area contributed by atoms with Gasteiger partial charge in [0.05, 0.1) is 12.7 Å². The fourth-order valence-electron chi connectivity index (χ4n) is 8.91. The standard InChI is InChI=1S/C27H36N2O4/c1-23(2,3)24(4,30)18-14-25-9-10-27(18,32-6)22-26(25)11-12-29(15-28)19(25)13-16-7-8-17(31-5)21(33-22)20(16)26/h7-8,18-19,22,30H,9-14H2,1-6H3/t18-,19?,22?,24+,25-,26?,27-/m1/s1. The lowest BCUT2D eigenvalue weighted by atomic mass is 9.33. The molecule has 178 valence electrons. The average molecular weight is 453 g/mol. The number of fused-ring (bicyclic) bond motifs is 2. The number of rotatable bonds is 3. The molecule has 0 amide bonds. The molecular weight excluding hydrogens is 416 g/mol. The van der Waals surface area contributed by atoms with Crippen molar-refractivity contribution in [3.8, 4) is 17.7 Å². The van der Waals surface area contributed by atoms with Crippen LogP contribution >= 0.6 is 0 Å². The average Bonchev–Trinajstić information content (AvgIpc) is 3.15. The van der Waals surface area contributed by atoms with Crippen LogP contribution in [0.5, 0.6) is 11.5 Å². The number of aliphatic hydroxyl groups is 1. The third-order valence-corrected chi connectivity index (χ3v) is 10.9. The normalized spacial score (nSPS) is 41.6. The van der Waals surface area contributed by atoms with Gasteiger partial charge in [-0.05, 0) is 56.1 Å². The molecule has 7 atom stereocenters. The predicted molar refractivity (Wildman–Crippen MR) is 123 cm³/mol. The Morgan fingerprint density at radius 2 is 1.94 bits per heavy atom. The number of hydrogen-bond donors (Lipinski definition) is 1. The van der Waals surface area contributed by atoms with Crippen LogP contribution in [0.1, 0.15) is 64.5 Å². The Kier molecular flexibility index (Phi) is 4.03. The van der Waals surface area contributed by atoms with Gasteiger partial charge in [-0.25, -0.2) is 0 Å². The van der Waals surface area contributed by atoms with Crippen LogP contribution in [0.2, 0.25) is 0 Å². The fourth-order valence-corrected chi connectivity index (χ4v) is 8.91. The molecule has 3 unspecified atom stereocenters. The molecule has 1 aromatic rings. The van der Waals surface area contributed by atoms with Gasteiger partial charge in [0.25, 0.3) is 0 Å². The van der Waals surface area contributed by atoms with E-state index >= 15 is 0 Å². The zero-order chi connectivity index (χ0) is 23.6. The van der Waals surface area contributed by atoms with Crippen LogP contribution in [-0.2, 0) is 16.6 Å². The molecule has 4 fully saturated rings. The highest BCUT2D eigenvalue weighted by Crippen LogP contribution is 2.77. The number of likely N-dealkylation sites (tertiary alicyclic amines) is 1. The predicted octanol–water partition coefficient (Wildman–Crippen LogP) is 3.79. The van der Waals surface area contributed by atoms with Crippen molar-refractivity contribution in [2.45, 2.75) is 88.6 Å². The third kappa shape index (κ3) is 2.10. The first-order valence-electron chi connectivity index (χ1n) is 12.3. The van der Waals surface area contributed by atoms with E-state index in [1.807, 2.05) is 17.9 Å². The van der Waals surface area contributed by atoms with Crippen molar-refractivity contribution in [1.29, 1.82) is 5.26 Å². The minimum absolute atomic E-state index is 0.107. The minimum atomic E-state index is -0.966. The van der Waals surface area contributed by atoms with Crippen molar-refractivity contribution in [3.63, 3.8) is 0 Å². The first kappa shape index (κ1) is 21.6. The van der Waals surface area contributed by atoms with Gasteiger partial charge in [0, 0.05) is 42.0 Å². The number of ether oxygens (including phenoxy) is 3. The summed E-state index contributed by atoms with van der Waals surface area (Å²) in [5.41, 5.74) is 0.315. The van der Waals surface area contributed by atoms with E-state index in [9.17, 15) is 10.4 Å². The lowest BCUT2D eigenvalue weighted by Crippen LogP contribution is -2.83. The monoisotopic (exact) mass is 452 g/mol. The van der Waals surface area contributed by atoms with E-state index in [-0.39, 0.29) is 34.3 Å². The van der Waals surface area contributed by atoms with Crippen molar-refractivity contribution in [3.05, 3.63) is 23.3 Å². The molecule has 2 heterocycles. The van der Waals surface area contributed by atoms with E-state index < -0.39 is 11.2 Å². The van der Waals surface area contributed by atoms with Gasteiger partial charge in [-0.15, -0.1) is 0 Å². The molecule has 1 saturated heterocycles. The van der Waals surface area contributed by atoms with E-state index in [2.05, 4.69) is 33.0 Å². The molecule has 2 aliphatic heterocycles. The number of hydrogen-bond acceptors (Lipinski definition) is 6. The molecule has 4 aliphatic carbocycles. The number of nitriles is 1. The number of piperidine rings is 1. The molecule has 4 bridgehead atoms. The van der Waals surface area contributed by atoms with Gasteiger partial charge >= 0.3 is 0 Å². The van der Waals surface area contributed by atoms with Crippen LogP contribution in [0, 0.1) is 28.2 Å². The van der Waals surface area contributed by atoms with Crippen molar-refractivity contribution in [2.75, 3.05) is 20.8 Å². The highest BCUT2D eigenvalue weighted by molar-refractivity contribution is 5.63. The summed E-state index contributed by atoms with van der Waals surface area (Å²) in [5.74, 6) is 1.54. The van der Waals surface area contributed by atoms with Gasteiger partial charge in [-0.1, -0.05) is 26.8 Å². The van der Waals surface area contributed by atoms with Gasteiger partial charge in [-0.3, -0.25) is 0 Å². The zero-order valence-corrected chi connectivity index (χ0v) is 20.7. The zero-order valence-electron chi connectivity index (χ0n) is 20.7. The van der Waals surface area contributed by atoms with Crippen molar-refractivity contribution in [2.24, 2.45) is 16.7 Å². The molecule has 1 N–H and O–H groups in total. The van der Waals surface area contributed by atoms with Crippen molar-refractivity contribution in [1.82, 2.24) is 4.90 Å². The number of methoxy groups -OCH3 is 2. The molecule has 0 aromatic heterocycles. The Hall–Kier alpha value is -1.97. The Bertz CT molecular complexity index is 1070. The number of benzene rings is 1. The van der Waals surface area contributed by atoms with Gasteiger partial charge in [-0.2, -0.15) is 5.26 Å². The molecule has 3 saturated carbocycles. The van der Waals surface area contributed by atoms with E-state index in [1.54, 1.807) is 14.2 Å². The smallest absolute Gasteiger partial charge is 0.179 e. The lowest BCUT2D eigenvalue weighted by molar-refractivity contribution is -0.309. The molecule has 1 aromatic carbocycles. The molecule has 7 rings (SSSR count). The largest absolute Gasteiger partial charge is 0.493 e. The van der Waals surface area contributed by atoms with Crippen LogP contribution in [0.25, 0.3) is 0 Å². The number of nitrogens with zero attached hydrogens (tertiary/aromatic N) is 2. The fraction of sp³-hybridized carbons (Fsp3) is 0.741. The maximum absolute atomic E-state index is 12.1. The topological polar surface area (TPSA) is 75.0 Å². The second kappa shape index (κ2) is 6.17. The van der Waals surface area contributed by atoms with Crippen LogP contribution in [0.4, 0.5) is 0 Å². The van der Waals surface area contributed by atoms with Crippen molar-refractivity contribution >= 4 is 0 Å². The van der Waals surface area contributed by atoms with E-state index in [1.165, 1.54) is 11.1 Å². The first-order valence-corrected chi connectivity index (χ1v) is 12.3. The molecule has 2 spiro atoms. The quantitative estimate of drug-likeness (QED) is 0.704. The van der Waals surface area contributed by atoms with Crippen LogP contribution in [0.15, 0.2) is 12.1 Å². The summed E-state index contributed by atoms with van der Waals surface area (Å²) in [6.07, 6.45) is 6.68. The molecular formula is C27H36N2O4. The van der Waals surface area contributed by atoms with Crippen LogP contribution in [-0.4, -0.2) is 54.1 Å². The van der Waals surface area contributed by atoms with E-state index in [0.29, 0.717) is 0 Å². The molecule has 6 aliphatic rings. The summed E-state index contributed by atoms with van der Waals surface area (Å²) in [4.78, 5) is 2.03. The first-order chi connectivity index (χ1) is 15.5. The van der Waals surface area contributed by atoms with Crippen molar-refractivity contribution < 1.29 is 19.3 Å². The summed E-state index contributed by atoms with van der Waals surface area (Å²) in [7, 11) is 3.50. The van der Waals surface area contributed by atoms with Gasteiger partial charge in [0.2, 0.25) is 0 Å². The highest BCUT2D eigenvalue weighted by atomic mass is 16.6. The summed E-state index contributed by atoms with van der Waals surface area (Å²) >= 11 is 0. The Balaban J connectivity index is 1.66. The second-order valence-corrected chi connectivity index (χ2v) is 12.3. The summed E-state index contributed by atoms with van der Waals surface area (Å²) in [5, 5.41) is 22.2. The van der Waals surface area contributed by atoms with Crippen LogP contribution in [0.3, 0.4) is 0 Å². The highest BCUT2D eigenvalue weighted by Gasteiger charge is 2.82. The van der Waals surface area contributed by atoms with Gasteiger partial charge in [0.15, 0.2) is 17.7 Å². The lowest BCUT2D eigenvalue weighted by Gasteiger charge is -2.75. The minimum Gasteiger partial charge on any atom is -0.493 e. The Morgan fingerprint density at radius 1 is 1.18 bits per heavy atom. The molecule has 6 nitrogen and oxygen atoms in total. The van der Waals surface area contributed by atoms with Gasteiger partial charge in [0.1, 0.15) is 11.7 Å². The second-order valence-electron chi connectivity index (χ2n) is 12.3. The van der Waals surface area contributed by atoms with E-state index in [0.717, 1.165) is 50.1 Å². The SMILES string of the molecule is COc1ccc2c3c1OC1C34CCN(C#N)C(C2)[C@]42CC[C@@]1(OC)[C@@H]([C@](C)(O)C(C)(C)C)C2.